The summed E-state index contributed by atoms with van der Waals surface area (Å²) in [4.78, 5) is 0. The lowest BCUT2D eigenvalue weighted by Crippen LogP contribution is -2.26. The van der Waals surface area contributed by atoms with Gasteiger partial charge in [-0.1, -0.05) is 6.07 Å². The van der Waals surface area contributed by atoms with Crippen molar-refractivity contribution in [1.29, 1.82) is 0 Å². The number of sulfonamides is 1. The van der Waals surface area contributed by atoms with Crippen LogP contribution >= 0.6 is 11.3 Å². The number of rotatable bonds is 6. The molecule has 2 N–H and O–H groups in total. The van der Waals surface area contributed by atoms with Gasteiger partial charge in [-0.15, -0.1) is 11.3 Å². The highest BCUT2D eigenvalue weighted by atomic mass is 32.2. The molecule has 0 aliphatic heterocycles. The molecule has 0 saturated carbocycles. The van der Waals surface area contributed by atoms with E-state index in [1.807, 2.05) is 7.05 Å². The maximum Gasteiger partial charge on any atom is 0.250 e. The molecule has 0 aliphatic carbocycles. The summed E-state index contributed by atoms with van der Waals surface area (Å²) in [5, 5.41) is 4.71. The van der Waals surface area contributed by atoms with E-state index < -0.39 is 10.0 Å². The monoisotopic (exact) mass is 234 g/mol. The lowest BCUT2D eigenvalue weighted by Gasteiger charge is -2.03. The molecule has 14 heavy (non-hydrogen) atoms. The van der Waals surface area contributed by atoms with E-state index in [0.717, 1.165) is 13.0 Å². The van der Waals surface area contributed by atoms with E-state index in [1.54, 1.807) is 17.5 Å². The molecule has 0 aliphatic rings. The molecule has 0 saturated heterocycles. The average molecular weight is 234 g/mol. The minimum atomic E-state index is -3.26. The summed E-state index contributed by atoms with van der Waals surface area (Å²) in [7, 11) is -1.42. The lowest BCUT2D eigenvalue weighted by atomic mass is 10.4. The summed E-state index contributed by atoms with van der Waals surface area (Å²) in [6, 6.07) is 3.33. The Morgan fingerprint density at radius 3 is 2.79 bits per heavy atom. The molecule has 4 nitrogen and oxygen atoms in total. The number of hydrogen-bond acceptors (Lipinski definition) is 4. The van der Waals surface area contributed by atoms with Crippen molar-refractivity contribution in [3.63, 3.8) is 0 Å². The Morgan fingerprint density at radius 1 is 1.43 bits per heavy atom. The molecule has 1 heterocycles. The maximum atomic E-state index is 11.5. The zero-order valence-corrected chi connectivity index (χ0v) is 9.62. The Balaban J connectivity index is 2.44. The SMILES string of the molecule is CNCCCNS(=O)(=O)c1cccs1. The van der Waals surface area contributed by atoms with Crippen LogP contribution in [0.25, 0.3) is 0 Å². The minimum Gasteiger partial charge on any atom is -0.320 e. The van der Waals surface area contributed by atoms with Crippen LogP contribution in [0.1, 0.15) is 6.42 Å². The molecule has 1 aromatic heterocycles. The quantitative estimate of drug-likeness (QED) is 0.710. The highest BCUT2D eigenvalue weighted by Crippen LogP contribution is 2.14. The summed E-state index contributed by atoms with van der Waals surface area (Å²) in [6.45, 7) is 1.29. The highest BCUT2D eigenvalue weighted by Gasteiger charge is 2.13. The third kappa shape index (κ3) is 3.38. The van der Waals surface area contributed by atoms with Crippen molar-refractivity contribution in [2.24, 2.45) is 0 Å². The van der Waals surface area contributed by atoms with Crippen molar-refractivity contribution in [2.45, 2.75) is 10.6 Å². The molecule has 1 aromatic rings. The second-order valence-corrected chi connectivity index (χ2v) is 5.73. The normalized spacial score (nSPS) is 11.8. The van der Waals surface area contributed by atoms with Crippen LogP contribution in [-0.4, -0.2) is 28.6 Å². The molecule has 0 radical (unpaired) electrons. The molecule has 1 rings (SSSR count). The van der Waals surface area contributed by atoms with Gasteiger partial charge in [0.05, 0.1) is 0 Å². The second kappa shape index (κ2) is 5.45. The lowest BCUT2D eigenvalue weighted by molar-refractivity contribution is 0.579. The Bertz CT molecular complexity index is 345. The van der Waals surface area contributed by atoms with E-state index in [-0.39, 0.29) is 0 Å². The Hall–Kier alpha value is -0.430. The predicted octanol–water partition coefficient (Wildman–Crippen LogP) is 0.636. The van der Waals surface area contributed by atoms with E-state index in [0.29, 0.717) is 10.8 Å². The van der Waals surface area contributed by atoms with Gasteiger partial charge in [0.2, 0.25) is 10.0 Å². The van der Waals surface area contributed by atoms with Gasteiger partial charge in [-0.2, -0.15) is 0 Å². The first-order valence-corrected chi connectivity index (χ1v) is 6.71. The van der Waals surface area contributed by atoms with Crippen molar-refractivity contribution in [3.8, 4) is 0 Å². The molecule has 6 heteroatoms. The average Bonchev–Trinajstić information content (AvgIpc) is 2.65. The fourth-order valence-corrected chi connectivity index (χ4v) is 3.07. The van der Waals surface area contributed by atoms with Crippen LogP contribution in [0.5, 0.6) is 0 Å². The molecule has 0 unspecified atom stereocenters. The van der Waals surface area contributed by atoms with Crippen LogP contribution in [0.4, 0.5) is 0 Å². The van der Waals surface area contributed by atoms with E-state index >= 15 is 0 Å². The van der Waals surface area contributed by atoms with Gasteiger partial charge in [0.15, 0.2) is 0 Å². The largest absolute Gasteiger partial charge is 0.320 e. The van der Waals surface area contributed by atoms with Crippen molar-refractivity contribution in [1.82, 2.24) is 10.0 Å². The second-order valence-electron chi connectivity index (χ2n) is 2.79. The third-order valence-electron chi connectivity index (χ3n) is 1.66. The van der Waals surface area contributed by atoms with Gasteiger partial charge in [0, 0.05) is 6.54 Å². The molecular weight excluding hydrogens is 220 g/mol. The summed E-state index contributed by atoms with van der Waals surface area (Å²) in [5.74, 6) is 0. The van der Waals surface area contributed by atoms with E-state index in [1.165, 1.54) is 11.3 Å². The van der Waals surface area contributed by atoms with Crippen LogP contribution in [-0.2, 0) is 10.0 Å². The molecule has 0 amide bonds. The molecule has 0 aromatic carbocycles. The molecule has 0 atom stereocenters. The molecule has 0 fully saturated rings. The smallest absolute Gasteiger partial charge is 0.250 e. The number of nitrogens with one attached hydrogen (secondary N) is 2. The molecular formula is C8H14N2O2S2. The highest BCUT2D eigenvalue weighted by molar-refractivity contribution is 7.91. The van der Waals surface area contributed by atoms with Gasteiger partial charge in [0.25, 0.3) is 0 Å². The Labute approximate surface area is 88.4 Å². The van der Waals surface area contributed by atoms with Crippen molar-refractivity contribution in [3.05, 3.63) is 17.5 Å². The summed E-state index contributed by atoms with van der Waals surface area (Å²) in [6.07, 6.45) is 0.793. The van der Waals surface area contributed by atoms with Gasteiger partial charge >= 0.3 is 0 Å². The first-order valence-electron chi connectivity index (χ1n) is 4.34. The van der Waals surface area contributed by atoms with Crippen molar-refractivity contribution < 1.29 is 8.42 Å². The van der Waals surface area contributed by atoms with E-state index in [9.17, 15) is 8.42 Å². The van der Waals surface area contributed by atoms with Gasteiger partial charge in [0.1, 0.15) is 4.21 Å². The van der Waals surface area contributed by atoms with E-state index in [2.05, 4.69) is 10.0 Å². The van der Waals surface area contributed by atoms with Gasteiger partial charge < -0.3 is 5.32 Å². The Kier molecular flexibility index (Phi) is 4.53. The fraction of sp³-hybridized carbons (Fsp3) is 0.500. The third-order valence-corrected chi connectivity index (χ3v) is 4.51. The Morgan fingerprint density at radius 2 is 2.21 bits per heavy atom. The first kappa shape index (κ1) is 11.6. The van der Waals surface area contributed by atoms with Crippen LogP contribution in [0.3, 0.4) is 0 Å². The van der Waals surface area contributed by atoms with Gasteiger partial charge in [-0.3, -0.25) is 0 Å². The molecule has 0 bridgehead atoms. The minimum absolute atomic E-state index is 0.377. The summed E-state index contributed by atoms with van der Waals surface area (Å²) < 4.78 is 26.0. The van der Waals surface area contributed by atoms with Crippen LogP contribution < -0.4 is 10.0 Å². The zero-order chi connectivity index (χ0) is 10.4. The van der Waals surface area contributed by atoms with Crippen LogP contribution in [0.15, 0.2) is 21.7 Å². The predicted molar refractivity (Wildman–Crippen MR) is 58.1 cm³/mol. The van der Waals surface area contributed by atoms with E-state index in [4.69, 9.17) is 0 Å². The summed E-state index contributed by atoms with van der Waals surface area (Å²) in [5.41, 5.74) is 0. The fourth-order valence-electron chi connectivity index (χ4n) is 0.959. The van der Waals surface area contributed by atoms with Crippen molar-refractivity contribution in [2.75, 3.05) is 20.1 Å². The molecule has 80 valence electrons. The zero-order valence-electron chi connectivity index (χ0n) is 7.99. The standard InChI is InChI=1S/C8H14N2O2S2/c1-9-5-3-6-10-14(11,12)8-4-2-7-13-8/h2,4,7,9-10H,3,5-6H2,1H3. The van der Waals surface area contributed by atoms with Crippen molar-refractivity contribution >= 4 is 21.4 Å². The van der Waals surface area contributed by atoms with Gasteiger partial charge in [-0.25, -0.2) is 13.1 Å². The van der Waals surface area contributed by atoms with Crippen LogP contribution in [0, 0.1) is 0 Å². The first-order chi connectivity index (χ1) is 6.67. The number of hydrogen-bond donors (Lipinski definition) is 2. The van der Waals surface area contributed by atoms with Crippen LogP contribution in [0.2, 0.25) is 0 Å². The molecule has 0 spiro atoms. The maximum absolute atomic E-state index is 11.5. The topological polar surface area (TPSA) is 58.2 Å². The number of thiophene rings is 1. The summed E-state index contributed by atoms with van der Waals surface area (Å²) >= 11 is 1.23. The van der Waals surface area contributed by atoms with Gasteiger partial charge in [-0.05, 0) is 31.5 Å².